The van der Waals surface area contributed by atoms with Gasteiger partial charge in [-0.05, 0) is 36.6 Å². The molecule has 1 aliphatic rings. The molecule has 0 amide bonds. The third-order valence-corrected chi connectivity index (χ3v) is 4.45. The monoisotopic (exact) mass is 310 g/mol. The number of ether oxygens (including phenoxy) is 1. The normalized spacial score (nSPS) is 16.9. The fourth-order valence-electron chi connectivity index (χ4n) is 3.10. The maximum absolute atomic E-state index is 5.94. The topological polar surface area (TPSA) is 24.5 Å². The van der Waals surface area contributed by atoms with Gasteiger partial charge in [-0.25, -0.2) is 0 Å². The van der Waals surface area contributed by atoms with Gasteiger partial charge in [-0.1, -0.05) is 42.5 Å². The van der Waals surface area contributed by atoms with Gasteiger partial charge in [-0.3, -0.25) is 4.90 Å². The second-order valence-electron chi connectivity index (χ2n) is 6.26. The molecule has 0 aromatic heterocycles. The van der Waals surface area contributed by atoms with Crippen molar-refractivity contribution < 1.29 is 4.74 Å². The largest absolute Gasteiger partial charge is 0.489 e. The van der Waals surface area contributed by atoms with Crippen molar-refractivity contribution in [2.45, 2.75) is 26.0 Å². The third kappa shape index (κ3) is 4.81. The summed E-state index contributed by atoms with van der Waals surface area (Å²) < 4.78 is 5.94. The summed E-state index contributed by atoms with van der Waals surface area (Å²) in [5, 5.41) is 3.41. The summed E-state index contributed by atoms with van der Waals surface area (Å²) in [5.41, 5.74) is 2.55. The van der Waals surface area contributed by atoms with E-state index in [2.05, 4.69) is 47.5 Å². The molecule has 0 spiro atoms. The van der Waals surface area contributed by atoms with Crippen LogP contribution < -0.4 is 10.1 Å². The molecule has 3 heteroatoms. The molecule has 122 valence electrons. The molecule has 0 aliphatic carbocycles. The zero-order valence-corrected chi connectivity index (χ0v) is 13.9. The highest BCUT2D eigenvalue weighted by molar-refractivity contribution is 5.29. The minimum atomic E-state index is 0.571. The van der Waals surface area contributed by atoms with E-state index in [1.165, 1.54) is 11.1 Å². The molecule has 23 heavy (non-hydrogen) atoms. The van der Waals surface area contributed by atoms with Crippen LogP contribution in [0.4, 0.5) is 0 Å². The molecule has 0 radical (unpaired) electrons. The molecule has 1 heterocycles. The predicted molar refractivity (Wildman–Crippen MR) is 94.8 cm³/mol. The molecule has 1 N–H and O–H groups in total. The Labute approximate surface area is 139 Å². The number of nitrogens with zero attached hydrogens (tertiary/aromatic N) is 1. The van der Waals surface area contributed by atoms with Gasteiger partial charge >= 0.3 is 0 Å². The first kappa shape index (κ1) is 16.0. The van der Waals surface area contributed by atoms with E-state index in [1.54, 1.807) is 0 Å². The van der Waals surface area contributed by atoms with Crippen LogP contribution in [0.2, 0.25) is 0 Å². The summed E-state index contributed by atoms with van der Waals surface area (Å²) in [7, 11) is 0. The van der Waals surface area contributed by atoms with E-state index in [-0.39, 0.29) is 0 Å². The lowest BCUT2D eigenvalue weighted by Gasteiger charge is -2.32. The summed E-state index contributed by atoms with van der Waals surface area (Å²) >= 11 is 0. The van der Waals surface area contributed by atoms with E-state index in [0.29, 0.717) is 12.6 Å². The van der Waals surface area contributed by atoms with Gasteiger partial charge in [0.25, 0.3) is 0 Å². The van der Waals surface area contributed by atoms with Crippen LogP contribution in [-0.2, 0) is 13.0 Å². The van der Waals surface area contributed by atoms with E-state index in [0.717, 1.165) is 38.3 Å². The Balaban J connectivity index is 1.56. The van der Waals surface area contributed by atoms with Crippen molar-refractivity contribution in [1.29, 1.82) is 0 Å². The Bertz CT molecular complexity index is 594. The lowest BCUT2D eigenvalue weighted by molar-refractivity contribution is 0.183. The smallest absolute Gasteiger partial charge is 0.120 e. The Morgan fingerprint density at radius 2 is 1.74 bits per heavy atom. The van der Waals surface area contributed by atoms with Crippen LogP contribution in [0.5, 0.6) is 5.75 Å². The fraction of sp³-hybridized carbons (Fsp3) is 0.400. The molecule has 0 bridgehead atoms. The second-order valence-corrected chi connectivity index (χ2v) is 6.26. The van der Waals surface area contributed by atoms with Crippen molar-refractivity contribution >= 4 is 0 Å². The summed E-state index contributed by atoms with van der Waals surface area (Å²) in [5.74, 6) is 0.957. The quantitative estimate of drug-likeness (QED) is 0.887. The molecule has 3 nitrogen and oxygen atoms in total. The second kappa shape index (κ2) is 8.14. The predicted octanol–water partition coefficient (Wildman–Crippen LogP) is 3.10. The van der Waals surface area contributed by atoms with Crippen molar-refractivity contribution in [3.63, 3.8) is 0 Å². The van der Waals surface area contributed by atoms with E-state index >= 15 is 0 Å². The Morgan fingerprint density at radius 1 is 1.00 bits per heavy atom. The van der Waals surface area contributed by atoms with Crippen LogP contribution in [0.25, 0.3) is 0 Å². The van der Waals surface area contributed by atoms with Crippen LogP contribution in [0.15, 0.2) is 54.6 Å². The van der Waals surface area contributed by atoms with Crippen LogP contribution in [-0.4, -0.2) is 37.1 Å². The van der Waals surface area contributed by atoms with E-state index < -0.39 is 0 Å². The van der Waals surface area contributed by atoms with Crippen molar-refractivity contribution in [1.82, 2.24) is 10.2 Å². The molecular formula is C20H26N2O. The standard InChI is InChI=1S/C20H26N2O/c1-17(22-12-10-21-11-13-22)14-19-8-5-9-20(15-19)23-16-18-6-3-2-4-7-18/h2-9,15,17,21H,10-14,16H2,1H3. The number of nitrogens with one attached hydrogen (secondary N) is 1. The first-order chi connectivity index (χ1) is 11.3. The van der Waals surface area contributed by atoms with Crippen molar-refractivity contribution in [3.8, 4) is 5.75 Å². The molecule has 1 aliphatic heterocycles. The highest BCUT2D eigenvalue weighted by atomic mass is 16.5. The van der Waals surface area contributed by atoms with Crippen LogP contribution in [0, 0.1) is 0 Å². The fourth-order valence-corrected chi connectivity index (χ4v) is 3.10. The van der Waals surface area contributed by atoms with Gasteiger partial charge < -0.3 is 10.1 Å². The maximum atomic E-state index is 5.94. The summed E-state index contributed by atoms with van der Waals surface area (Å²) in [6, 6.07) is 19.4. The van der Waals surface area contributed by atoms with Gasteiger partial charge in [-0.15, -0.1) is 0 Å². The van der Waals surface area contributed by atoms with Gasteiger partial charge in [0.2, 0.25) is 0 Å². The van der Waals surface area contributed by atoms with Crippen molar-refractivity contribution in [3.05, 3.63) is 65.7 Å². The lowest BCUT2D eigenvalue weighted by atomic mass is 10.1. The number of hydrogen-bond donors (Lipinski definition) is 1. The van der Waals surface area contributed by atoms with Crippen LogP contribution in [0.1, 0.15) is 18.1 Å². The third-order valence-electron chi connectivity index (χ3n) is 4.45. The average Bonchev–Trinajstić information content (AvgIpc) is 2.62. The average molecular weight is 310 g/mol. The van der Waals surface area contributed by atoms with Gasteiger partial charge in [0.15, 0.2) is 0 Å². The Morgan fingerprint density at radius 3 is 2.52 bits per heavy atom. The van der Waals surface area contributed by atoms with Crippen LogP contribution in [0.3, 0.4) is 0 Å². The Kier molecular flexibility index (Phi) is 5.67. The number of hydrogen-bond acceptors (Lipinski definition) is 3. The highest BCUT2D eigenvalue weighted by Gasteiger charge is 2.16. The maximum Gasteiger partial charge on any atom is 0.120 e. The molecule has 2 aromatic rings. The van der Waals surface area contributed by atoms with E-state index in [9.17, 15) is 0 Å². The molecule has 3 rings (SSSR count). The van der Waals surface area contributed by atoms with Crippen molar-refractivity contribution in [2.75, 3.05) is 26.2 Å². The highest BCUT2D eigenvalue weighted by Crippen LogP contribution is 2.18. The number of benzene rings is 2. The van der Waals surface area contributed by atoms with Crippen molar-refractivity contribution in [2.24, 2.45) is 0 Å². The molecule has 2 aromatic carbocycles. The summed E-state index contributed by atoms with van der Waals surface area (Å²) in [6.07, 6.45) is 1.07. The lowest BCUT2D eigenvalue weighted by Crippen LogP contribution is -2.48. The van der Waals surface area contributed by atoms with Crippen LogP contribution >= 0.6 is 0 Å². The van der Waals surface area contributed by atoms with E-state index in [1.807, 2.05) is 24.3 Å². The zero-order valence-electron chi connectivity index (χ0n) is 13.9. The number of rotatable bonds is 6. The molecule has 1 atom stereocenters. The minimum absolute atomic E-state index is 0.571. The van der Waals surface area contributed by atoms with Gasteiger partial charge in [0, 0.05) is 32.2 Å². The first-order valence-electron chi connectivity index (χ1n) is 8.52. The number of piperazine rings is 1. The van der Waals surface area contributed by atoms with Gasteiger partial charge in [-0.2, -0.15) is 0 Å². The minimum Gasteiger partial charge on any atom is -0.489 e. The van der Waals surface area contributed by atoms with Gasteiger partial charge in [0.1, 0.15) is 12.4 Å². The summed E-state index contributed by atoms with van der Waals surface area (Å²) in [6.45, 7) is 7.44. The zero-order chi connectivity index (χ0) is 15.9. The molecule has 1 fully saturated rings. The van der Waals surface area contributed by atoms with Gasteiger partial charge in [0.05, 0.1) is 0 Å². The summed E-state index contributed by atoms with van der Waals surface area (Å²) in [4.78, 5) is 2.56. The van der Waals surface area contributed by atoms with E-state index in [4.69, 9.17) is 4.74 Å². The molecule has 1 saturated heterocycles. The SMILES string of the molecule is CC(Cc1cccc(OCc2ccccc2)c1)N1CCNCC1. The first-order valence-corrected chi connectivity index (χ1v) is 8.52. The Hall–Kier alpha value is -1.84. The molecular weight excluding hydrogens is 284 g/mol. The molecule has 0 saturated carbocycles. The molecule has 1 unspecified atom stereocenters.